The fraction of sp³-hybridized carbons (Fsp3) is 0.364. The average Bonchev–Trinajstić information content (AvgIpc) is 2.53. The molecule has 2 rings (SSSR count). The molecule has 20 heavy (non-hydrogen) atoms. The molecule has 9 heteroatoms. The first-order chi connectivity index (χ1) is 9.24. The van der Waals surface area contributed by atoms with Crippen molar-refractivity contribution < 1.29 is 22.9 Å². The minimum Gasteiger partial charge on any atom is -0.446 e. The highest BCUT2D eigenvalue weighted by atomic mass is 32.2. The number of amides is 1. The Morgan fingerprint density at radius 3 is 2.80 bits per heavy atom. The molecular weight excluding hydrogens is 303 g/mol. The van der Waals surface area contributed by atoms with E-state index in [9.17, 15) is 18.6 Å². The van der Waals surface area contributed by atoms with E-state index >= 15 is 0 Å². The van der Waals surface area contributed by atoms with E-state index in [0.717, 1.165) is 17.8 Å². The lowest BCUT2D eigenvalue weighted by atomic mass is 9.80. The molecule has 1 aromatic rings. The molecule has 1 amide bonds. The zero-order chi connectivity index (χ0) is 15.1. The quantitative estimate of drug-likeness (QED) is 0.609. The number of fused-ring (bicyclic) bond motifs is 1. The molecule has 1 heterocycles. The number of carbonyl (C=O) groups is 1. The predicted octanol–water partition coefficient (Wildman–Crippen LogP) is 0.0621. The van der Waals surface area contributed by atoms with Crippen molar-refractivity contribution in [2.24, 2.45) is 5.73 Å². The number of benzene rings is 1. The summed E-state index contributed by atoms with van der Waals surface area (Å²) in [6.45, 7) is 3.47. The highest BCUT2D eigenvalue weighted by Crippen LogP contribution is 2.27. The molecule has 4 nitrogen and oxygen atoms in total. The summed E-state index contributed by atoms with van der Waals surface area (Å²) in [5, 5.41) is 10.0. The second kappa shape index (κ2) is 5.47. The molecule has 0 saturated heterocycles. The number of primary amides is 1. The highest BCUT2D eigenvalue weighted by Gasteiger charge is 2.46. The Hall–Kier alpha value is -0.898. The van der Waals surface area contributed by atoms with Gasteiger partial charge >= 0.3 is 7.12 Å². The van der Waals surface area contributed by atoms with E-state index in [4.69, 9.17) is 10.1 Å². The van der Waals surface area contributed by atoms with Crippen LogP contribution >= 0.6 is 11.8 Å². The third-order valence-electron chi connectivity index (χ3n) is 3.08. The molecule has 1 aliphatic heterocycles. The van der Waals surface area contributed by atoms with Crippen molar-refractivity contribution in [2.45, 2.75) is 24.4 Å². The van der Waals surface area contributed by atoms with Crippen LogP contribution in [0.1, 0.15) is 6.42 Å². The monoisotopic (exact) mass is 317 g/mol. The molecule has 1 aliphatic rings. The van der Waals surface area contributed by atoms with Crippen LogP contribution in [-0.2, 0) is 9.14 Å². The van der Waals surface area contributed by atoms with Crippen LogP contribution in [0, 0.1) is 11.6 Å². The number of hydrogen-bond donors (Lipinski definition) is 2. The van der Waals surface area contributed by atoms with Gasteiger partial charge in [0.25, 0.3) is 0 Å². The Labute approximate surface area is 121 Å². The number of halogens is 2. The molecule has 1 aromatic carbocycles. The molecule has 0 atom stereocenters. The van der Waals surface area contributed by atoms with Crippen molar-refractivity contribution in [1.29, 1.82) is 0 Å². The van der Waals surface area contributed by atoms with E-state index in [2.05, 4.69) is 0 Å². The Kier molecular flexibility index (Phi) is 4.24. The molecule has 3 N–H and O–H groups in total. The van der Waals surface area contributed by atoms with Gasteiger partial charge in [-0.3, -0.25) is 4.79 Å². The third-order valence-corrected chi connectivity index (χ3v) is 6.67. The van der Waals surface area contributed by atoms with Crippen LogP contribution in [0.4, 0.5) is 8.78 Å². The smallest absolute Gasteiger partial charge is 0.446 e. The zero-order valence-electron chi connectivity index (χ0n) is 11.1. The fourth-order valence-electron chi connectivity index (χ4n) is 2.21. The summed E-state index contributed by atoms with van der Waals surface area (Å²) in [5.74, 6) is -1.77. The minimum atomic E-state index is -2.58. The lowest BCUT2D eigenvalue weighted by molar-refractivity contribution is -0.117. The van der Waals surface area contributed by atoms with Crippen molar-refractivity contribution in [3.05, 3.63) is 17.7 Å². The van der Waals surface area contributed by atoms with Gasteiger partial charge in [-0.25, -0.2) is 8.78 Å². The van der Waals surface area contributed by atoms with Crippen LogP contribution in [0.2, 0.25) is 13.1 Å². The van der Waals surface area contributed by atoms with Crippen LogP contribution in [0.25, 0.3) is 0 Å². The van der Waals surface area contributed by atoms with Crippen LogP contribution in [0.15, 0.2) is 11.0 Å². The molecule has 0 unspecified atom stereocenters. The Morgan fingerprint density at radius 1 is 1.55 bits per heavy atom. The van der Waals surface area contributed by atoms with E-state index in [1.165, 1.54) is 0 Å². The second-order valence-corrected chi connectivity index (χ2v) is 9.87. The number of hydrogen-bond acceptors (Lipinski definition) is 4. The molecule has 0 aliphatic carbocycles. The van der Waals surface area contributed by atoms with Gasteiger partial charge in [-0.1, -0.05) is 0 Å². The molecule has 0 radical (unpaired) electrons. The van der Waals surface area contributed by atoms with Gasteiger partial charge in [0, 0.05) is 17.4 Å². The molecule has 0 aromatic heterocycles. The molecule has 0 spiro atoms. The van der Waals surface area contributed by atoms with Gasteiger partial charge < -0.3 is 15.1 Å². The largest absolute Gasteiger partial charge is 0.480 e. The topological polar surface area (TPSA) is 72.6 Å². The number of carbonyl (C=O) groups excluding carboxylic acids is 1. The van der Waals surface area contributed by atoms with Crippen molar-refractivity contribution in [3.63, 3.8) is 0 Å². The van der Waals surface area contributed by atoms with Crippen LogP contribution in [-0.4, -0.2) is 32.1 Å². The van der Waals surface area contributed by atoms with Gasteiger partial charge in [-0.05, 0) is 24.6 Å². The zero-order valence-corrected chi connectivity index (χ0v) is 12.9. The van der Waals surface area contributed by atoms with Crippen molar-refractivity contribution >= 4 is 43.8 Å². The van der Waals surface area contributed by atoms with E-state index in [-0.39, 0.29) is 27.7 Å². The van der Waals surface area contributed by atoms with E-state index in [1.54, 1.807) is 13.1 Å². The third kappa shape index (κ3) is 2.76. The van der Waals surface area contributed by atoms with Gasteiger partial charge in [0.1, 0.15) is 11.6 Å². The van der Waals surface area contributed by atoms with Gasteiger partial charge in [0.2, 0.25) is 14.2 Å². The maximum atomic E-state index is 14.5. The van der Waals surface area contributed by atoms with Gasteiger partial charge in [0.05, 0.1) is 4.90 Å². The standard InChI is InChI=1S/C11H14BF2NO3SSi/c1-20(2)11-6(12(17)18-20)5-7(13)10(9(11)14)19-4-3-8(15)16/h5,17H,3-4H2,1-2H3,(H2,15,16). The first-order valence-corrected chi connectivity index (χ1v) is 9.93. The Morgan fingerprint density at radius 2 is 2.20 bits per heavy atom. The highest BCUT2D eigenvalue weighted by molar-refractivity contribution is 7.99. The lowest BCUT2D eigenvalue weighted by Gasteiger charge is -2.18. The van der Waals surface area contributed by atoms with Crippen molar-refractivity contribution in [3.8, 4) is 0 Å². The number of rotatable bonds is 4. The van der Waals surface area contributed by atoms with Gasteiger partial charge in [-0.2, -0.15) is 0 Å². The molecule has 0 saturated carbocycles. The SMILES string of the molecule is C[Si]1(C)OB(O)c2cc(F)c(SCCC(N)=O)c(F)c21. The van der Waals surface area contributed by atoms with Crippen LogP contribution in [0.3, 0.4) is 0 Å². The maximum Gasteiger partial charge on any atom is 0.480 e. The Balaban J connectivity index is 2.38. The fourth-order valence-corrected chi connectivity index (χ4v) is 5.58. The van der Waals surface area contributed by atoms with Crippen LogP contribution in [0.5, 0.6) is 0 Å². The Bertz CT molecular complexity index is 573. The van der Waals surface area contributed by atoms with Gasteiger partial charge in [-0.15, -0.1) is 11.8 Å². The van der Waals surface area contributed by atoms with E-state index in [0.29, 0.717) is 0 Å². The summed E-state index contributed by atoms with van der Waals surface area (Å²) in [6, 6.07) is 1.11. The molecule has 0 bridgehead atoms. The first-order valence-electron chi connectivity index (χ1n) is 6.03. The van der Waals surface area contributed by atoms with E-state index < -0.39 is 33.0 Å². The van der Waals surface area contributed by atoms with Crippen LogP contribution < -0.4 is 16.4 Å². The summed E-state index contributed by atoms with van der Waals surface area (Å²) in [6.07, 6.45) is 0.0422. The maximum absolute atomic E-state index is 14.5. The first kappa shape index (κ1) is 15.5. The minimum absolute atomic E-state index is 0.0422. The summed E-state index contributed by atoms with van der Waals surface area (Å²) in [5.41, 5.74) is 5.16. The molecule has 0 fully saturated rings. The van der Waals surface area contributed by atoms with Crippen molar-refractivity contribution in [1.82, 2.24) is 0 Å². The second-order valence-electron chi connectivity index (χ2n) is 5.01. The summed E-state index contributed by atoms with van der Waals surface area (Å²) >= 11 is 0.904. The summed E-state index contributed by atoms with van der Waals surface area (Å²) in [4.78, 5) is 10.5. The predicted molar refractivity (Wildman–Crippen MR) is 76.7 cm³/mol. The molecular formula is C11H14BF2NO3SSi. The lowest BCUT2D eigenvalue weighted by Crippen LogP contribution is -2.46. The summed E-state index contributed by atoms with van der Waals surface area (Å²) in [7, 11) is -3.86. The molecule has 108 valence electrons. The normalized spacial score (nSPS) is 16.4. The number of thioether (sulfide) groups is 1. The van der Waals surface area contributed by atoms with Gasteiger partial charge in [0.15, 0.2) is 0 Å². The summed E-state index contributed by atoms with van der Waals surface area (Å²) < 4.78 is 33.8. The van der Waals surface area contributed by atoms with Crippen molar-refractivity contribution in [2.75, 3.05) is 5.75 Å². The average molecular weight is 317 g/mol. The number of nitrogens with two attached hydrogens (primary N) is 1. The van der Waals surface area contributed by atoms with E-state index in [1.807, 2.05) is 0 Å².